The number of aryl methyl sites for hydroxylation is 1. The summed E-state index contributed by atoms with van der Waals surface area (Å²) in [7, 11) is 0. The molecular weight excluding hydrogens is 353 g/mol. The second-order valence-corrected chi connectivity index (χ2v) is 6.04. The molecule has 0 amide bonds. The number of nitrogens with one attached hydrogen (secondary N) is 1. The summed E-state index contributed by atoms with van der Waals surface area (Å²) >= 11 is 2.31. The average Bonchev–Trinajstić information content (AvgIpc) is 2.85. The highest BCUT2D eigenvalue weighted by molar-refractivity contribution is 14.1. The van der Waals surface area contributed by atoms with Gasteiger partial charge in [-0.05, 0) is 69.0 Å². The van der Waals surface area contributed by atoms with E-state index in [1.54, 1.807) is 0 Å². The standard InChI is InChI=1S/C14H22IN3O/c1-4-16-12-11(15)10(3)17-13(18-12)14(19-5-2)8-6-7-9-14/h4-9H2,1-3H3,(H,16,17,18). The Morgan fingerprint density at radius 2 is 1.95 bits per heavy atom. The summed E-state index contributed by atoms with van der Waals surface area (Å²) in [4.78, 5) is 9.45. The van der Waals surface area contributed by atoms with Gasteiger partial charge in [0.25, 0.3) is 0 Å². The van der Waals surface area contributed by atoms with Gasteiger partial charge in [0.1, 0.15) is 11.4 Å². The highest BCUT2D eigenvalue weighted by Gasteiger charge is 2.39. The molecular formula is C14H22IN3O. The van der Waals surface area contributed by atoms with Crippen LogP contribution in [0.4, 0.5) is 5.82 Å². The van der Waals surface area contributed by atoms with Crippen molar-refractivity contribution in [2.75, 3.05) is 18.5 Å². The molecule has 1 aliphatic rings. The van der Waals surface area contributed by atoms with Crippen LogP contribution in [0.1, 0.15) is 51.0 Å². The second-order valence-electron chi connectivity index (χ2n) is 4.96. The fourth-order valence-electron chi connectivity index (χ4n) is 2.70. The van der Waals surface area contributed by atoms with E-state index >= 15 is 0 Å². The lowest BCUT2D eigenvalue weighted by molar-refractivity contribution is -0.0457. The van der Waals surface area contributed by atoms with Crippen LogP contribution in [0, 0.1) is 10.5 Å². The van der Waals surface area contributed by atoms with Gasteiger partial charge >= 0.3 is 0 Å². The Balaban J connectivity index is 2.42. The smallest absolute Gasteiger partial charge is 0.162 e. The number of rotatable bonds is 5. The zero-order valence-corrected chi connectivity index (χ0v) is 14.1. The van der Waals surface area contributed by atoms with Crippen molar-refractivity contribution < 1.29 is 4.74 Å². The molecule has 106 valence electrons. The Morgan fingerprint density at radius 1 is 1.26 bits per heavy atom. The third-order valence-corrected chi connectivity index (χ3v) is 4.89. The van der Waals surface area contributed by atoms with Gasteiger partial charge in [-0.25, -0.2) is 9.97 Å². The van der Waals surface area contributed by atoms with Crippen LogP contribution in [0.25, 0.3) is 0 Å². The molecule has 1 fully saturated rings. The van der Waals surface area contributed by atoms with Gasteiger partial charge in [-0.3, -0.25) is 0 Å². The highest BCUT2D eigenvalue weighted by atomic mass is 127. The van der Waals surface area contributed by atoms with Crippen LogP contribution in [0.3, 0.4) is 0 Å². The van der Waals surface area contributed by atoms with Crippen molar-refractivity contribution in [1.29, 1.82) is 0 Å². The molecule has 0 aromatic carbocycles. The number of nitrogens with zero attached hydrogens (tertiary/aromatic N) is 2. The predicted molar refractivity (Wildman–Crippen MR) is 85.4 cm³/mol. The molecule has 0 bridgehead atoms. The molecule has 0 saturated heterocycles. The molecule has 1 saturated carbocycles. The predicted octanol–water partition coefficient (Wildman–Crippen LogP) is 3.63. The van der Waals surface area contributed by atoms with E-state index in [-0.39, 0.29) is 5.60 Å². The number of anilines is 1. The van der Waals surface area contributed by atoms with E-state index in [0.717, 1.165) is 40.3 Å². The van der Waals surface area contributed by atoms with Crippen LogP contribution < -0.4 is 5.32 Å². The first-order valence-electron chi connectivity index (χ1n) is 7.05. The van der Waals surface area contributed by atoms with Crippen LogP contribution in [-0.2, 0) is 10.3 Å². The van der Waals surface area contributed by atoms with Crippen LogP contribution in [0.2, 0.25) is 0 Å². The molecule has 1 N–H and O–H groups in total. The minimum Gasteiger partial charge on any atom is -0.369 e. The topological polar surface area (TPSA) is 47.0 Å². The quantitative estimate of drug-likeness (QED) is 0.799. The van der Waals surface area contributed by atoms with Gasteiger partial charge in [-0.1, -0.05) is 0 Å². The van der Waals surface area contributed by atoms with Gasteiger partial charge in [0, 0.05) is 13.2 Å². The molecule has 1 aromatic heterocycles. The lowest BCUT2D eigenvalue weighted by Gasteiger charge is -2.28. The largest absolute Gasteiger partial charge is 0.369 e. The first-order chi connectivity index (χ1) is 9.13. The van der Waals surface area contributed by atoms with Gasteiger partial charge in [-0.2, -0.15) is 0 Å². The lowest BCUT2D eigenvalue weighted by Crippen LogP contribution is -2.30. The Bertz CT molecular complexity index is 445. The monoisotopic (exact) mass is 375 g/mol. The molecule has 0 radical (unpaired) electrons. The molecule has 2 rings (SSSR count). The lowest BCUT2D eigenvalue weighted by atomic mass is 10.0. The maximum absolute atomic E-state index is 6.05. The van der Waals surface area contributed by atoms with E-state index in [0.29, 0.717) is 6.61 Å². The van der Waals surface area contributed by atoms with Crippen molar-refractivity contribution in [3.05, 3.63) is 15.1 Å². The number of halogens is 1. The van der Waals surface area contributed by atoms with Gasteiger partial charge in [0.15, 0.2) is 5.82 Å². The van der Waals surface area contributed by atoms with Crippen LogP contribution >= 0.6 is 22.6 Å². The van der Waals surface area contributed by atoms with E-state index in [4.69, 9.17) is 14.7 Å². The van der Waals surface area contributed by atoms with Crippen molar-refractivity contribution in [1.82, 2.24) is 9.97 Å². The van der Waals surface area contributed by atoms with Crippen molar-refractivity contribution in [3.8, 4) is 0 Å². The maximum atomic E-state index is 6.05. The molecule has 1 aromatic rings. The van der Waals surface area contributed by atoms with Crippen molar-refractivity contribution in [2.45, 2.75) is 52.1 Å². The van der Waals surface area contributed by atoms with Crippen molar-refractivity contribution in [2.24, 2.45) is 0 Å². The summed E-state index contributed by atoms with van der Waals surface area (Å²) in [5, 5.41) is 3.33. The molecule has 0 unspecified atom stereocenters. The zero-order valence-electron chi connectivity index (χ0n) is 11.9. The third kappa shape index (κ3) is 3.02. The summed E-state index contributed by atoms with van der Waals surface area (Å²) in [6, 6.07) is 0. The average molecular weight is 375 g/mol. The molecule has 0 spiro atoms. The van der Waals surface area contributed by atoms with Crippen molar-refractivity contribution >= 4 is 28.4 Å². The van der Waals surface area contributed by atoms with E-state index < -0.39 is 0 Å². The Labute approximate surface area is 128 Å². The Morgan fingerprint density at radius 3 is 2.53 bits per heavy atom. The molecule has 19 heavy (non-hydrogen) atoms. The fraction of sp³-hybridized carbons (Fsp3) is 0.714. The summed E-state index contributed by atoms with van der Waals surface area (Å²) in [5.74, 6) is 1.80. The van der Waals surface area contributed by atoms with E-state index in [2.05, 4.69) is 34.8 Å². The minimum absolute atomic E-state index is 0.256. The molecule has 5 heteroatoms. The molecule has 0 atom stereocenters. The summed E-state index contributed by atoms with van der Waals surface area (Å²) in [6.45, 7) is 7.76. The molecule has 4 nitrogen and oxygen atoms in total. The Hall–Kier alpha value is -0.430. The second kappa shape index (κ2) is 6.35. The summed E-state index contributed by atoms with van der Waals surface area (Å²) in [6.07, 6.45) is 4.47. The SMILES string of the molecule is CCNc1nc(C2(OCC)CCCC2)nc(C)c1I. The van der Waals surface area contributed by atoms with Gasteiger partial charge < -0.3 is 10.1 Å². The molecule has 1 heterocycles. The Kier molecular flexibility index (Phi) is 5.00. The van der Waals surface area contributed by atoms with Crippen LogP contribution in [-0.4, -0.2) is 23.1 Å². The van der Waals surface area contributed by atoms with E-state index in [1.165, 1.54) is 12.8 Å². The highest BCUT2D eigenvalue weighted by Crippen LogP contribution is 2.41. The fourth-order valence-corrected chi connectivity index (χ4v) is 3.13. The molecule has 1 aliphatic carbocycles. The van der Waals surface area contributed by atoms with Gasteiger partial charge in [-0.15, -0.1) is 0 Å². The first kappa shape index (κ1) is 15.0. The van der Waals surface area contributed by atoms with Crippen LogP contribution in [0.15, 0.2) is 0 Å². The summed E-state index contributed by atoms with van der Waals surface area (Å²) in [5.41, 5.74) is 0.779. The maximum Gasteiger partial charge on any atom is 0.162 e. The number of ether oxygens (including phenoxy) is 1. The van der Waals surface area contributed by atoms with E-state index in [1.807, 2.05) is 13.8 Å². The van der Waals surface area contributed by atoms with E-state index in [9.17, 15) is 0 Å². The zero-order chi connectivity index (χ0) is 13.9. The third-order valence-electron chi connectivity index (χ3n) is 3.60. The molecule has 0 aliphatic heterocycles. The van der Waals surface area contributed by atoms with Gasteiger partial charge in [0.05, 0.1) is 9.26 Å². The van der Waals surface area contributed by atoms with Crippen LogP contribution in [0.5, 0.6) is 0 Å². The summed E-state index contributed by atoms with van der Waals surface area (Å²) < 4.78 is 7.15. The number of hydrogen-bond acceptors (Lipinski definition) is 4. The number of hydrogen-bond donors (Lipinski definition) is 1. The minimum atomic E-state index is -0.256. The van der Waals surface area contributed by atoms with Gasteiger partial charge in [0.2, 0.25) is 0 Å². The normalized spacial score (nSPS) is 17.7. The number of aromatic nitrogens is 2. The first-order valence-corrected chi connectivity index (χ1v) is 8.13. The van der Waals surface area contributed by atoms with Crippen molar-refractivity contribution in [3.63, 3.8) is 0 Å².